The van der Waals surface area contributed by atoms with E-state index in [1.807, 2.05) is 0 Å². The van der Waals surface area contributed by atoms with Crippen molar-refractivity contribution in [3.63, 3.8) is 0 Å². The van der Waals surface area contributed by atoms with E-state index in [1.54, 1.807) is 0 Å². The summed E-state index contributed by atoms with van der Waals surface area (Å²) < 4.78 is 0. The molecule has 29 heavy (non-hydrogen) atoms. The van der Waals surface area contributed by atoms with Crippen LogP contribution in [0.5, 0.6) is 0 Å². The van der Waals surface area contributed by atoms with Crippen LogP contribution in [0.25, 0.3) is 0 Å². The number of aliphatic carboxylic acids is 1. The lowest BCUT2D eigenvalue weighted by atomic mass is 10.1. The van der Waals surface area contributed by atoms with E-state index in [0.717, 1.165) is 39.9 Å². The van der Waals surface area contributed by atoms with E-state index in [2.05, 4.69) is 46.8 Å². The van der Waals surface area contributed by atoms with Crippen LogP contribution < -0.4 is 0 Å². The van der Waals surface area contributed by atoms with Crippen molar-refractivity contribution >= 4 is 21.2 Å². The third kappa shape index (κ3) is 35.5. The van der Waals surface area contributed by atoms with Crippen LogP contribution in [0, 0.1) is 11.8 Å². The summed E-state index contributed by atoms with van der Waals surface area (Å²) in [7, 11) is 0. The lowest BCUT2D eigenvalue weighted by Gasteiger charge is -2.03. The quantitative estimate of drug-likeness (QED) is 0.128. The highest BCUT2D eigenvalue weighted by atomic mass is 27.1. The molecular weight excluding hydrogens is 371 g/mol. The summed E-state index contributed by atoms with van der Waals surface area (Å²) in [4.78, 5) is 10.3. The minimum atomic E-state index is -0.664. The Morgan fingerprint density at radius 2 is 1.14 bits per heavy atom. The molecule has 0 aliphatic heterocycles. The van der Waals surface area contributed by atoms with Gasteiger partial charge in [-0.25, -0.2) is 0 Å². The van der Waals surface area contributed by atoms with Crippen LogP contribution in [-0.4, -0.2) is 26.3 Å². The van der Waals surface area contributed by atoms with Crippen molar-refractivity contribution in [2.75, 3.05) is 0 Å². The van der Waals surface area contributed by atoms with Crippen molar-refractivity contribution in [1.82, 2.24) is 0 Å². The standard InChI is InChI=1S/C18H34O2.2C4H9.Al/c1-2-3-4-5-6-7-8-9-10-11-12-13-14-15-16-17-18(19)20;2*1-4(2)3;/h9-10H,2-8,11-17H2,1H3,(H,19,20);2*4H,1H2,2-3H3;/b10-9-;;;. The van der Waals surface area contributed by atoms with Gasteiger partial charge in [-0.2, -0.15) is 0 Å². The van der Waals surface area contributed by atoms with Gasteiger partial charge in [0, 0.05) is 6.42 Å². The SMILES string of the molecule is CC(C)[CH2][Al][CH2]C(C)C.CCCCCCCC/C=C\CCCCCCCC(=O)O. The Balaban J connectivity index is 0. The number of unbranched alkanes of at least 4 members (excludes halogenated alkanes) is 11. The largest absolute Gasteiger partial charge is 0.481 e. The fraction of sp³-hybridized carbons (Fsp3) is 0.885. The fourth-order valence-corrected chi connectivity index (χ4v) is 4.64. The first-order valence-electron chi connectivity index (χ1n) is 12.6. The van der Waals surface area contributed by atoms with Crippen LogP contribution in [0.4, 0.5) is 0 Å². The zero-order valence-electron chi connectivity index (χ0n) is 20.6. The lowest BCUT2D eigenvalue weighted by Crippen LogP contribution is -1.99. The van der Waals surface area contributed by atoms with Gasteiger partial charge in [-0.3, -0.25) is 4.79 Å². The molecule has 0 saturated carbocycles. The van der Waals surface area contributed by atoms with Crippen LogP contribution in [0.15, 0.2) is 12.2 Å². The Bertz CT molecular complexity index is 343. The Labute approximate surface area is 190 Å². The molecule has 2 nitrogen and oxygen atoms in total. The molecule has 0 heterocycles. The van der Waals surface area contributed by atoms with Gasteiger partial charge in [0.05, 0.1) is 0 Å². The maximum atomic E-state index is 10.3. The van der Waals surface area contributed by atoms with Gasteiger partial charge in [0.1, 0.15) is 0 Å². The molecule has 1 N–H and O–H groups in total. The monoisotopic (exact) mass is 423 g/mol. The molecule has 0 spiro atoms. The number of hydrogen-bond donors (Lipinski definition) is 1. The number of allylic oxidation sites excluding steroid dienone is 2. The Morgan fingerprint density at radius 3 is 1.55 bits per heavy atom. The van der Waals surface area contributed by atoms with E-state index in [-0.39, 0.29) is 0 Å². The Morgan fingerprint density at radius 1 is 0.724 bits per heavy atom. The molecule has 0 atom stereocenters. The first-order valence-corrected chi connectivity index (χ1v) is 14.2. The Hall–Kier alpha value is -0.258. The summed E-state index contributed by atoms with van der Waals surface area (Å²) >= 11 is 0.755. The second kappa shape index (κ2) is 25.8. The predicted octanol–water partition coefficient (Wildman–Crippen LogP) is 8.95. The molecule has 171 valence electrons. The average molecular weight is 424 g/mol. The summed E-state index contributed by atoms with van der Waals surface area (Å²) in [5.74, 6) is 1.19. The van der Waals surface area contributed by atoms with E-state index < -0.39 is 5.97 Å². The number of hydrogen-bond acceptors (Lipinski definition) is 1. The maximum Gasteiger partial charge on any atom is 0.303 e. The molecule has 0 aromatic carbocycles. The molecule has 0 aliphatic rings. The fourth-order valence-electron chi connectivity index (χ4n) is 3.11. The molecule has 1 radical (unpaired) electrons. The van der Waals surface area contributed by atoms with E-state index >= 15 is 0 Å². The minimum absolute atomic E-state index is 0.332. The molecule has 3 heteroatoms. The van der Waals surface area contributed by atoms with Crippen molar-refractivity contribution in [2.24, 2.45) is 11.8 Å². The number of carboxylic acid groups (broad SMARTS) is 1. The van der Waals surface area contributed by atoms with Crippen molar-refractivity contribution in [2.45, 2.75) is 135 Å². The second-order valence-electron chi connectivity index (χ2n) is 9.28. The first kappa shape index (κ1) is 30.9. The highest BCUT2D eigenvalue weighted by Gasteiger charge is 1.98. The first-order chi connectivity index (χ1) is 13.9. The zero-order chi connectivity index (χ0) is 22.2. The van der Waals surface area contributed by atoms with Gasteiger partial charge in [-0.15, -0.1) is 10.6 Å². The number of carboxylic acids is 1. The van der Waals surface area contributed by atoms with Gasteiger partial charge in [0.15, 0.2) is 0 Å². The molecule has 0 bridgehead atoms. The number of carbonyl (C=O) groups is 1. The maximum absolute atomic E-state index is 10.3. The van der Waals surface area contributed by atoms with Gasteiger partial charge >= 0.3 is 5.97 Å². The van der Waals surface area contributed by atoms with E-state index in [4.69, 9.17) is 5.11 Å². The summed E-state index contributed by atoms with van der Waals surface area (Å²) in [6.45, 7) is 11.5. The third-order valence-corrected chi connectivity index (χ3v) is 7.48. The number of rotatable bonds is 19. The summed E-state index contributed by atoms with van der Waals surface area (Å²) in [5.41, 5.74) is 0. The molecule has 0 unspecified atom stereocenters. The summed E-state index contributed by atoms with van der Waals surface area (Å²) in [5, 5.41) is 11.5. The molecule has 0 aromatic rings. The van der Waals surface area contributed by atoms with E-state index in [9.17, 15) is 4.79 Å². The Kier molecular flexibility index (Phi) is 27.5. The molecule has 0 amide bonds. The van der Waals surface area contributed by atoms with Gasteiger partial charge in [0.25, 0.3) is 0 Å². The van der Waals surface area contributed by atoms with Crippen molar-refractivity contribution in [3.8, 4) is 0 Å². The van der Waals surface area contributed by atoms with Crippen LogP contribution >= 0.6 is 0 Å². The highest BCUT2D eigenvalue weighted by molar-refractivity contribution is 6.35. The predicted molar refractivity (Wildman–Crippen MR) is 132 cm³/mol. The smallest absolute Gasteiger partial charge is 0.303 e. The summed E-state index contributed by atoms with van der Waals surface area (Å²) in [6.07, 6.45) is 21.2. The van der Waals surface area contributed by atoms with Crippen LogP contribution in [0.1, 0.15) is 125 Å². The van der Waals surface area contributed by atoms with Crippen LogP contribution in [-0.2, 0) is 4.79 Å². The minimum Gasteiger partial charge on any atom is -0.481 e. The van der Waals surface area contributed by atoms with Gasteiger partial charge in [-0.1, -0.05) is 110 Å². The van der Waals surface area contributed by atoms with Crippen LogP contribution in [0.3, 0.4) is 0 Å². The van der Waals surface area contributed by atoms with Gasteiger partial charge in [-0.05, 0) is 32.1 Å². The van der Waals surface area contributed by atoms with Crippen molar-refractivity contribution in [1.29, 1.82) is 0 Å². The zero-order valence-corrected chi connectivity index (χ0v) is 21.7. The normalized spacial score (nSPS) is 11.1. The van der Waals surface area contributed by atoms with Crippen LogP contribution in [0.2, 0.25) is 10.6 Å². The van der Waals surface area contributed by atoms with Gasteiger partial charge < -0.3 is 5.11 Å². The lowest BCUT2D eigenvalue weighted by molar-refractivity contribution is -0.137. The van der Waals surface area contributed by atoms with E-state index in [1.165, 1.54) is 81.2 Å². The topological polar surface area (TPSA) is 37.3 Å². The average Bonchev–Trinajstić information content (AvgIpc) is 2.64. The third-order valence-electron chi connectivity index (χ3n) is 4.93. The molecule has 0 fully saturated rings. The van der Waals surface area contributed by atoms with Crippen molar-refractivity contribution in [3.05, 3.63) is 12.2 Å². The molecule has 0 aliphatic carbocycles. The van der Waals surface area contributed by atoms with Gasteiger partial charge in [0.2, 0.25) is 15.2 Å². The highest BCUT2D eigenvalue weighted by Crippen LogP contribution is 2.10. The molecule has 0 aromatic heterocycles. The second-order valence-corrected chi connectivity index (χ2v) is 10.8. The summed E-state index contributed by atoms with van der Waals surface area (Å²) in [6, 6.07) is 0. The van der Waals surface area contributed by atoms with Crippen molar-refractivity contribution < 1.29 is 9.90 Å². The molecule has 0 rings (SSSR count). The van der Waals surface area contributed by atoms with E-state index in [0.29, 0.717) is 6.42 Å². The molecular formula is C26H52AlO2. The molecule has 0 saturated heterocycles.